The summed E-state index contributed by atoms with van der Waals surface area (Å²) in [7, 11) is 1.90. The molecule has 0 saturated carbocycles. The molecule has 5 nitrogen and oxygen atoms in total. The molecule has 1 N–H and O–H groups in total. The molecule has 90 valence electrons. The summed E-state index contributed by atoms with van der Waals surface area (Å²) in [6.45, 7) is 1.92. The van der Waals surface area contributed by atoms with Gasteiger partial charge in [0.1, 0.15) is 19.0 Å². The predicted octanol–water partition coefficient (Wildman–Crippen LogP) is 1.48. The van der Waals surface area contributed by atoms with Crippen LogP contribution in [0.15, 0.2) is 18.2 Å². The van der Waals surface area contributed by atoms with E-state index in [9.17, 15) is 4.79 Å². The Morgan fingerprint density at radius 2 is 2.29 bits per heavy atom. The first kappa shape index (κ1) is 11.6. The number of hydrogen-bond acceptors (Lipinski definition) is 3. The van der Waals surface area contributed by atoms with E-state index in [0.29, 0.717) is 0 Å². The lowest BCUT2D eigenvalue weighted by Gasteiger charge is -2.03. The highest BCUT2D eigenvalue weighted by Crippen LogP contribution is 2.18. The lowest BCUT2D eigenvalue weighted by atomic mass is 10.2. The molecule has 1 heterocycles. The van der Waals surface area contributed by atoms with Gasteiger partial charge >= 0.3 is 5.97 Å². The Bertz CT molecular complexity index is 560. The van der Waals surface area contributed by atoms with Crippen LogP contribution in [-0.4, -0.2) is 27.2 Å². The standard InChI is InChI=1S/C12H14N2O3/c1-8-4-3-5-9-12(8)14(2)10(13-9)6-17-7-11(15)16/h3-5H,6-7H2,1-2H3,(H,15,16). The first-order valence-corrected chi connectivity index (χ1v) is 5.30. The van der Waals surface area contributed by atoms with Crippen molar-refractivity contribution in [1.82, 2.24) is 9.55 Å². The van der Waals surface area contributed by atoms with Crippen LogP contribution in [0.5, 0.6) is 0 Å². The first-order valence-electron chi connectivity index (χ1n) is 5.30. The summed E-state index contributed by atoms with van der Waals surface area (Å²) in [5.74, 6) is -0.240. The van der Waals surface area contributed by atoms with Crippen molar-refractivity contribution in [3.05, 3.63) is 29.6 Å². The smallest absolute Gasteiger partial charge is 0.329 e. The Hall–Kier alpha value is -1.88. The van der Waals surface area contributed by atoms with Gasteiger partial charge in [0.05, 0.1) is 11.0 Å². The number of carboxylic acids is 1. The average molecular weight is 234 g/mol. The number of aryl methyl sites for hydroxylation is 2. The maximum absolute atomic E-state index is 10.3. The Kier molecular flexibility index (Phi) is 3.10. The van der Waals surface area contributed by atoms with Crippen LogP contribution < -0.4 is 0 Å². The number of hydrogen-bond donors (Lipinski definition) is 1. The van der Waals surface area contributed by atoms with E-state index < -0.39 is 5.97 Å². The Labute approximate surface area is 98.6 Å². The predicted molar refractivity (Wildman–Crippen MR) is 62.7 cm³/mol. The minimum atomic E-state index is -0.972. The number of aliphatic carboxylic acids is 1. The monoisotopic (exact) mass is 234 g/mol. The van der Waals surface area contributed by atoms with Crippen molar-refractivity contribution in [3.8, 4) is 0 Å². The number of para-hydroxylation sites is 1. The largest absolute Gasteiger partial charge is 0.480 e. The normalized spacial score (nSPS) is 10.9. The summed E-state index contributed by atoms with van der Waals surface area (Å²) in [4.78, 5) is 14.8. The van der Waals surface area contributed by atoms with Crippen LogP contribution in [0.2, 0.25) is 0 Å². The third-order valence-electron chi connectivity index (χ3n) is 2.65. The van der Waals surface area contributed by atoms with Gasteiger partial charge in [-0.2, -0.15) is 0 Å². The number of ether oxygens (including phenoxy) is 1. The number of carbonyl (C=O) groups is 1. The molecule has 5 heteroatoms. The van der Waals surface area contributed by atoms with E-state index in [1.807, 2.05) is 36.7 Å². The molecule has 2 aromatic rings. The highest BCUT2D eigenvalue weighted by molar-refractivity contribution is 5.79. The second kappa shape index (κ2) is 4.55. The number of carboxylic acid groups (broad SMARTS) is 1. The third kappa shape index (κ3) is 2.29. The van der Waals surface area contributed by atoms with Crippen molar-refractivity contribution >= 4 is 17.0 Å². The maximum atomic E-state index is 10.3. The Morgan fingerprint density at radius 3 is 2.94 bits per heavy atom. The van der Waals surface area contributed by atoms with E-state index in [1.165, 1.54) is 0 Å². The molecule has 0 unspecified atom stereocenters. The van der Waals surface area contributed by atoms with Crippen molar-refractivity contribution in [3.63, 3.8) is 0 Å². The molecule has 2 rings (SSSR count). The number of fused-ring (bicyclic) bond motifs is 1. The second-order valence-electron chi connectivity index (χ2n) is 3.92. The van der Waals surface area contributed by atoms with Gasteiger partial charge in [-0.1, -0.05) is 12.1 Å². The topological polar surface area (TPSA) is 64.3 Å². The van der Waals surface area contributed by atoms with Gasteiger partial charge in [0.25, 0.3) is 0 Å². The number of nitrogens with zero attached hydrogens (tertiary/aromatic N) is 2. The van der Waals surface area contributed by atoms with Crippen molar-refractivity contribution in [2.24, 2.45) is 7.05 Å². The average Bonchev–Trinajstić information content (AvgIpc) is 2.57. The second-order valence-corrected chi connectivity index (χ2v) is 3.92. The highest BCUT2D eigenvalue weighted by Gasteiger charge is 2.09. The van der Waals surface area contributed by atoms with Crippen molar-refractivity contribution in [2.45, 2.75) is 13.5 Å². The SMILES string of the molecule is Cc1cccc2nc(COCC(=O)O)n(C)c12. The maximum Gasteiger partial charge on any atom is 0.329 e. The molecule has 0 aliphatic carbocycles. The molecule has 0 bridgehead atoms. The minimum absolute atomic E-state index is 0.205. The van der Waals surface area contributed by atoms with Crippen LogP contribution in [0.1, 0.15) is 11.4 Å². The molecule has 0 amide bonds. The fourth-order valence-corrected chi connectivity index (χ4v) is 1.87. The zero-order valence-corrected chi connectivity index (χ0v) is 9.80. The summed E-state index contributed by atoms with van der Waals surface area (Å²) in [6.07, 6.45) is 0. The molecule has 1 aromatic heterocycles. The quantitative estimate of drug-likeness (QED) is 0.870. The van der Waals surface area contributed by atoms with E-state index in [-0.39, 0.29) is 13.2 Å². The van der Waals surface area contributed by atoms with Gasteiger partial charge < -0.3 is 14.4 Å². The molecule has 0 fully saturated rings. The first-order chi connectivity index (χ1) is 8.09. The van der Waals surface area contributed by atoms with Gasteiger partial charge in [0.2, 0.25) is 0 Å². The molecule has 0 aliphatic rings. The molecule has 0 atom stereocenters. The lowest BCUT2D eigenvalue weighted by molar-refractivity contribution is -0.142. The molecule has 0 saturated heterocycles. The van der Waals surface area contributed by atoms with Gasteiger partial charge in [-0.3, -0.25) is 0 Å². The summed E-state index contributed by atoms with van der Waals surface area (Å²) >= 11 is 0. The summed E-state index contributed by atoms with van der Waals surface area (Å²) in [5.41, 5.74) is 3.10. The third-order valence-corrected chi connectivity index (χ3v) is 2.65. The van der Waals surface area contributed by atoms with Gasteiger partial charge in [-0.15, -0.1) is 0 Å². The molecule has 0 aliphatic heterocycles. The van der Waals surface area contributed by atoms with Gasteiger partial charge in [0, 0.05) is 7.05 Å². The minimum Gasteiger partial charge on any atom is -0.480 e. The van der Waals surface area contributed by atoms with Crippen LogP contribution in [-0.2, 0) is 23.2 Å². The Balaban J connectivity index is 2.27. The van der Waals surface area contributed by atoms with Gasteiger partial charge in [-0.05, 0) is 18.6 Å². The van der Waals surface area contributed by atoms with Gasteiger partial charge in [0.15, 0.2) is 0 Å². The molecular formula is C12H14N2O3. The summed E-state index contributed by atoms with van der Waals surface area (Å²) in [6, 6.07) is 5.90. The molecule has 1 aromatic carbocycles. The van der Waals surface area contributed by atoms with E-state index in [0.717, 1.165) is 22.4 Å². The zero-order valence-electron chi connectivity index (χ0n) is 9.80. The number of benzene rings is 1. The number of aromatic nitrogens is 2. The number of rotatable bonds is 4. The van der Waals surface area contributed by atoms with E-state index in [2.05, 4.69) is 4.98 Å². The van der Waals surface area contributed by atoms with Crippen LogP contribution in [0, 0.1) is 6.92 Å². The van der Waals surface area contributed by atoms with E-state index in [1.54, 1.807) is 0 Å². The Morgan fingerprint density at radius 1 is 1.53 bits per heavy atom. The van der Waals surface area contributed by atoms with Crippen LogP contribution in [0.4, 0.5) is 0 Å². The highest BCUT2D eigenvalue weighted by atomic mass is 16.5. The molecule has 0 spiro atoms. The van der Waals surface area contributed by atoms with Gasteiger partial charge in [-0.25, -0.2) is 9.78 Å². The molecule has 17 heavy (non-hydrogen) atoms. The zero-order chi connectivity index (χ0) is 12.4. The van der Waals surface area contributed by atoms with Crippen LogP contribution >= 0.6 is 0 Å². The van der Waals surface area contributed by atoms with Crippen molar-refractivity contribution in [2.75, 3.05) is 6.61 Å². The van der Waals surface area contributed by atoms with Crippen molar-refractivity contribution in [1.29, 1.82) is 0 Å². The van der Waals surface area contributed by atoms with Crippen LogP contribution in [0.3, 0.4) is 0 Å². The van der Waals surface area contributed by atoms with E-state index >= 15 is 0 Å². The van der Waals surface area contributed by atoms with Crippen LogP contribution in [0.25, 0.3) is 11.0 Å². The molecule has 0 radical (unpaired) electrons. The molecular weight excluding hydrogens is 220 g/mol. The fraction of sp³-hybridized carbons (Fsp3) is 0.333. The summed E-state index contributed by atoms with van der Waals surface area (Å²) in [5, 5.41) is 8.49. The van der Waals surface area contributed by atoms with E-state index in [4.69, 9.17) is 9.84 Å². The lowest BCUT2D eigenvalue weighted by Crippen LogP contribution is -2.09. The van der Waals surface area contributed by atoms with Crippen molar-refractivity contribution < 1.29 is 14.6 Å². The summed E-state index contributed by atoms with van der Waals surface area (Å²) < 4.78 is 6.99. The number of imidazole rings is 1. The fourth-order valence-electron chi connectivity index (χ4n) is 1.87.